The van der Waals surface area contributed by atoms with Crippen molar-refractivity contribution in [1.29, 1.82) is 0 Å². The summed E-state index contributed by atoms with van der Waals surface area (Å²) < 4.78 is 6.55. The van der Waals surface area contributed by atoms with Gasteiger partial charge >= 0.3 is 5.97 Å². The van der Waals surface area contributed by atoms with Gasteiger partial charge in [-0.3, -0.25) is 19.0 Å². The van der Waals surface area contributed by atoms with E-state index in [-0.39, 0.29) is 18.5 Å². The molecule has 3 rings (SSSR count). The van der Waals surface area contributed by atoms with Crippen LogP contribution in [0.1, 0.15) is 31.9 Å². The number of nitrogens with one attached hydrogen (secondary N) is 1. The molecule has 2 atom stereocenters. The summed E-state index contributed by atoms with van der Waals surface area (Å²) in [6.07, 6.45) is 0.314. The summed E-state index contributed by atoms with van der Waals surface area (Å²) in [7, 11) is 0. The predicted octanol–water partition coefficient (Wildman–Crippen LogP) is 3.90. The van der Waals surface area contributed by atoms with Crippen molar-refractivity contribution < 1.29 is 14.3 Å². The fraction of sp³-hybridized carbons (Fsp3) is 0.273. The van der Waals surface area contributed by atoms with E-state index in [0.29, 0.717) is 26.5 Å². The number of hydrogen-bond donors (Lipinski definition) is 1. The van der Waals surface area contributed by atoms with Crippen LogP contribution in [0, 0.1) is 0 Å². The SMILES string of the molecule is CC(OC(=O)CCn1cnc2ccccc2c1=O)C(=O)NC(C)c1ccc(Cl)cc1Cl. The molecule has 0 radical (unpaired) electrons. The number of fused-ring (bicyclic) bond motifs is 1. The van der Waals surface area contributed by atoms with Crippen molar-refractivity contribution in [3.63, 3.8) is 0 Å². The van der Waals surface area contributed by atoms with Gasteiger partial charge in [0, 0.05) is 16.6 Å². The molecule has 2 unspecified atom stereocenters. The van der Waals surface area contributed by atoms with Crippen LogP contribution in [-0.2, 0) is 20.9 Å². The van der Waals surface area contributed by atoms with Crippen LogP contribution in [0.25, 0.3) is 10.9 Å². The van der Waals surface area contributed by atoms with Gasteiger partial charge in [0.05, 0.1) is 29.7 Å². The lowest BCUT2D eigenvalue weighted by Gasteiger charge is -2.19. The minimum Gasteiger partial charge on any atom is -0.452 e. The van der Waals surface area contributed by atoms with Crippen LogP contribution < -0.4 is 10.9 Å². The maximum absolute atomic E-state index is 12.5. The average Bonchev–Trinajstić information content (AvgIpc) is 2.73. The molecule has 162 valence electrons. The number of rotatable bonds is 7. The van der Waals surface area contributed by atoms with Crippen molar-refractivity contribution in [3.05, 3.63) is 74.8 Å². The van der Waals surface area contributed by atoms with E-state index in [1.807, 2.05) is 0 Å². The van der Waals surface area contributed by atoms with E-state index in [0.717, 1.165) is 0 Å². The largest absolute Gasteiger partial charge is 0.452 e. The number of nitrogens with zero attached hydrogens (tertiary/aromatic N) is 2. The molecule has 1 amide bonds. The van der Waals surface area contributed by atoms with Gasteiger partial charge < -0.3 is 10.1 Å². The van der Waals surface area contributed by atoms with Crippen LogP contribution in [0.15, 0.2) is 53.6 Å². The zero-order chi connectivity index (χ0) is 22.5. The molecular formula is C22H21Cl2N3O4. The first-order valence-electron chi connectivity index (χ1n) is 9.65. The van der Waals surface area contributed by atoms with Crippen LogP contribution in [0.2, 0.25) is 10.0 Å². The van der Waals surface area contributed by atoms with Gasteiger partial charge in [-0.05, 0) is 43.7 Å². The van der Waals surface area contributed by atoms with Gasteiger partial charge in [-0.15, -0.1) is 0 Å². The summed E-state index contributed by atoms with van der Waals surface area (Å²) in [5.74, 6) is -1.06. The van der Waals surface area contributed by atoms with Gasteiger partial charge in [-0.25, -0.2) is 4.98 Å². The van der Waals surface area contributed by atoms with E-state index in [1.165, 1.54) is 17.8 Å². The lowest BCUT2D eigenvalue weighted by molar-refractivity contribution is -0.155. The summed E-state index contributed by atoms with van der Waals surface area (Å²) in [5.41, 5.74) is 1.05. The zero-order valence-corrected chi connectivity index (χ0v) is 18.5. The van der Waals surface area contributed by atoms with Gasteiger partial charge in [0.25, 0.3) is 11.5 Å². The number of carbonyl (C=O) groups is 2. The first-order valence-corrected chi connectivity index (χ1v) is 10.4. The molecule has 0 saturated heterocycles. The lowest BCUT2D eigenvalue weighted by Crippen LogP contribution is -2.37. The first kappa shape index (κ1) is 22.8. The van der Waals surface area contributed by atoms with Crippen molar-refractivity contribution in [2.45, 2.75) is 39.0 Å². The Bertz CT molecular complexity index is 1180. The number of halogens is 2. The number of carbonyl (C=O) groups excluding carboxylic acids is 2. The average molecular weight is 462 g/mol. The molecule has 0 aliphatic carbocycles. The monoisotopic (exact) mass is 461 g/mol. The molecule has 1 N–H and O–H groups in total. The number of amides is 1. The van der Waals surface area contributed by atoms with Crippen LogP contribution >= 0.6 is 23.2 Å². The molecule has 1 aromatic heterocycles. The maximum atomic E-state index is 12.5. The van der Waals surface area contributed by atoms with Crippen LogP contribution in [0.5, 0.6) is 0 Å². The third-order valence-electron chi connectivity index (χ3n) is 4.75. The highest BCUT2D eigenvalue weighted by Crippen LogP contribution is 2.26. The Balaban J connectivity index is 1.54. The first-order chi connectivity index (χ1) is 14.8. The number of aromatic nitrogens is 2. The summed E-state index contributed by atoms with van der Waals surface area (Å²) in [6.45, 7) is 3.34. The van der Waals surface area contributed by atoms with Crippen molar-refractivity contribution in [1.82, 2.24) is 14.9 Å². The van der Waals surface area contributed by atoms with Gasteiger partial charge in [-0.1, -0.05) is 41.4 Å². The second-order valence-corrected chi connectivity index (χ2v) is 7.88. The van der Waals surface area contributed by atoms with E-state index < -0.39 is 24.0 Å². The zero-order valence-electron chi connectivity index (χ0n) is 17.0. The van der Waals surface area contributed by atoms with Gasteiger partial charge in [0.1, 0.15) is 0 Å². The van der Waals surface area contributed by atoms with E-state index in [4.69, 9.17) is 27.9 Å². The summed E-state index contributed by atoms with van der Waals surface area (Å²) >= 11 is 12.1. The number of esters is 1. The summed E-state index contributed by atoms with van der Waals surface area (Å²) in [6, 6.07) is 11.6. The molecule has 0 saturated carbocycles. The Morgan fingerprint density at radius 3 is 2.65 bits per heavy atom. The quantitative estimate of drug-likeness (QED) is 0.538. The highest BCUT2D eigenvalue weighted by atomic mass is 35.5. The van der Waals surface area contributed by atoms with Crippen molar-refractivity contribution >= 4 is 46.0 Å². The third-order valence-corrected chi connectivity index (χ3v) is 5.32. The summed E-state index contributed by atoms with van der Waals surface area (Å²) in [5, 5.41) is 4.15. The highest BCUT2D eigenvalue weighted by molar-refractivity contribution is 6.35. The fourth-order valence-corrected chi connectivity index (χ4v) is 3.62. The normalized spacial score (nSPS) is 12.9. The molecule has 9 heteroatoms. The van der Waals surface area contributed by atoms with E-state index in [9.17, 15) is 14.4 Å². The second-order valence-electron chi connectivity index (χ2n) is 7.04. The Hall–Kier alpha value is -2.90. The molecule has 0 spiro atoms. The third kappa shape index (κ3) is 5.62. The second kappa shape index (κ2) is 9.94. The molecule has 2 aromatic carbocycles. The van der Waals surface area contributed by atoms with E-state index in [1.54, 1.807) is 49.4 Å². The summed E-state index contributed by atoms with van der Waals surface area (Å²) in [4.78, 5) is 41.2. The van der Waals surface area contributed by atoms with Crippen molar-refractivity contribution in [2.24, 2.45) is 0 Å². The molecule has 0 aliphatic rings. The lowest BCUT2D eigenvalue weighted by atomic mass is 10.1. The minimum atomic E-state index is -1.01. The molecular weight excluding hydrogens is 441 g/mol. The fourth-order valence-electron chi connectivity index (χ4n) is 3.05. The number of hydrogen-bond acceptors (Lipinski definition) is 5. The van der Waals surface area contributed by atoms with Gasteiger partial charge in [0.2, 0.25) is 0 Å². The molecule has 3 aromatic rings. The van der Waals surface area contributed by atoms with Crippen LogP contribution in [0.3, 0.4) is 0 Å². The number of ether oxygens (including phenoxy) is 1. The molecule has 0 aliphatic heterocycles. The van der Waals surface area contributed by atoms with E-state index in [2.05, 4.69) is 10.3 Å². The Morgan fingerprint density at radius 1 is 1.16 bits per heavy atom. The molecule has 1 heterocycles. The maximum Gasteiger partial charge on any atom is 0.308 e. The molecule has 7 nitrogen and oxygen atoms in total. The van der Waals surface area contributed by atoms with Gasteiger partial charge in [-0.2, -0.15) is 0 Å². The van der Waals surface area contributed by atoms with Gasteiger partial charge in [0.15, 0.2) is 6.10 Å². The standard InChI is InChI=1S/C22H21Cl2N3O4/c1-13(16-8-7-15(23)11-18(16)24)26-21(29)14(2)31-20(28)9-10-27-12-25-19-6-4-3-5-17(19)22(27)30/h3-8,11-14H,9-10H2,1-2H3,(H,26,29). The Morgan fingerprint density at radius 2 is 1.90 bits per heavy atom. The highest BCUT2D eigenvalue weighted by Gasteiger charge is 2.21. The number of benzene rings is 2. The van der Waals surface area contributed by atoms with Crippen molar-refractivity contribution in [3.8, 4) is 0 Å². The minimum absolute atomic E-state index is 0.0733. The van der Waals surface area contributed by atoms with E-state index >= 15 is 0 Å². The Labute approximate surface area is 188 Å². The topological polar surface area (TPSA) is 90.3 Å². The molecule has 31 heavy (non-hydrogen) atoms. The number of aryl methyl sites for hydroxylation is 1. The molecule has 0 bridgehead atoms. The van der Waals surface area contributed by atoms with Crippen LogP contribution in [0.4, 0.5) is 0 Å². The molecule has 0 fully saturated rings. The van der Waals surface area contributed by atoms with Crippen LogP contribution in [-0.4, -0.2) is 27.5 Å². The Kier molecular flexibility index (Phi) is 7.30. The predicted molar refractivity (Wildman–Crippen MR) is 119 cm³/mol. The number of para-hydroxylation sites is 1. The van der Waals surface area contributed by atoms with Crippen molar-refractivity contribution in [2.75, 3.05) is 0 Å². The smallest absolute Gasteiger partial charge is 0.308 e.